The van der Waals surface area contributed by atoms with Crippen molar-refractivity contribution in [2.75, 3.05) is 13.1 Å². The van der Waals surface area contributed by atoms with Gasteiger partial charge in [-0.05, 0) is 37.8 Å². The third-order valence-electron chi connectivity index (χ3n) is 4.00. The van der Waals surface area contributed by atoms with Crippen LogP contribution in [0.25, 0.3) is 0 Å². The van der Waals surface area contributed by atoms with Crippen molar-refractivity contribution in [3.8, 4) is 0 Å². The van der Waals surface area contributed by atoms with Crippen molar-refractivity contribution in [3.05, 3.63) is 0 Å². The number of hydrogen-bond donors (Lipinski definition) is 1. The maximum atomic E-state index is 3.68. The molecule has 0 spiro atoms. The van der Waals surface area contributed by atoms with Crippen molar-refractivity contribution < 1.29 is 0 Å². The molecule has 0 amide bonds. The summed E-state index contributed by atoms with van der Waals surface area (Å²) >= 11 is 0. The highest BCUT2D eigenvalue weighted by atomic mass is 14.9. The van der Waals surface area contributed by atoms with Crippen LogP contribution < -0.4 is 5.32 Å². The summed E-state index contributed by atoms with van der Waals surface area (Å²) in [7, 11) is 0. The molecule has 0 aromatic carbocycles. The highest BCUT2D eigenvalue weighted by Crippen LogP contribution is 2.22. The van der Waals surface area contributed by atoms with Crippen LogP contribution in [0.4, 0.5) is 0 Å². The second-order valence-electron chi connectivity index (χ2n) is 5.20. The normalized spacial score (nSPS) is 19.4. The Morgan fingerprint density at radius 3 is 2.13 bits per heavy atom. The third-order valence-corrected chi connectivity index (χ3v) is 4.00. The second kappa shape index (κ2) is 8.15. The van der Waals surface area contributed by atoms with Gasteiger partial charge in [-0.1, -0.05) is 52.4 Å². The fraction of sp³-hybridized carbons (Fsp3) is 1.00. The van der Waals surface area contributed by atoms with Crippen molar-refractivity contribution in [1.29, 1.82) is 0 Å². The third kappa shape index (κ3) is 5.55. The van der Waals surface area contributed by atoms with Crippen molar-refractivity contribution in [1.82, 2.24) is 5.32 Å². The molecule has 0 aromatic rings. The Balaban J connectivity index is 2.07. The molecule has 1 saturated carbocycles. The van der Waals surface area contributed by atoms with Crippen LogP contribution in [0.2, 0.25) is 0 Å². The van der Waals surface area contributed by atoms with E-state index in [9.17, 15) is 0 Å². The zero-order valence-electron chi connectivity index (χ0n) is 10.7. The maximum absolute atomic E-state index is 3.68. The minimum Gasteiger partial charge on any atom is -0.316 e. The Bertz CT molecular complexity index is 132. The minimum absolute atomic E-state index is 0.899. The molecule has 0 bridgehead atoms. The van der Waals surface area contributed by atoms with Gasteiger partial charge in [0, 0.05) is 0 Å². The number of hydrogen-bond acceptors (Lipinski definition) is 1. The molecule has 1 nitrogen and oxygen atoms in total. The van der Waals surface area contributed by atoms with E-state index in [-0.39, 0.29) is 0 Å². The molecule has 0 atom stereocenters. The van der Waals surface area contributed by atoms with Gasteiger partial charge in [-0.2, -0.15) is 0 Å². The molecule has 1 aliphatic rings. The zero-order valence-corrected chi connectivity index (χ0v) is 10.7. The fourth-order valence-electron chi connectivity index (χ4n) is 2.64. The Morgan fingerprint density at radius 2 is 1.60 bits per heavy atom. The standard InChI is InChI=1S/C14H29N/c1-3-13(4-2)11-15-12-14-9-7-5-6-8-10-14/h13-15H,3-12H2,1-2H3. The van der Waals surface area contributed by atoms with E-state index in [4.69, 9.17) is 0 Å². The molecule has 0 aliphatic heterocycles. The lowest BCUT2D eigenvalue weighted by Gasteiger charge is -2.18. The van der Waals surface area contributed by atoms with Crippen molar-refractivity contribution in [2.24, 2.45) is 11.8 Å². The van der Waals surface area contributed by atoms with E-state index < -0.39 is 0 Å². The summed E-state index contributed by atoms with van der Waals surface area (Å²) in [5, 5.41) is 3.68. The summed E-state index contributed by atoms with van der Waals surface area (Å²) in [6, 6.07) is 0. The predicted molar refractivity (Wildman–Crippen MR) is 68.1 cm³/mol. The molecule has 1 aliphatic carbocycles. The van der Waals surface area contributed by atoms with Crippen molar-refractivity contribution >= 4 is 0 Å². The van der Waals surface area contributed by atoms with Gasteiger partial charge in [0.05, 0.1) is 0 Å². The average molecular weight is 211 g/mol. The molecule has 0 unspecified atom stereocenters. The van der Waals surface area contributed by atoms with E-state index in [1.54, 1.807) is 0 Å². The molecule has 1 N–H and O–H groups in total. The molecule has 0 heterocycles. The quantitative estimate of drug-likeness (QED) is 0.655. The Labute approximate surface area is 96.0 Å². The summed E-state index contributed by atoms with van der Waals surface area (Å²) in [5.74, 6) is 1.87. The van der Waals surface area contributed by atoms with E-state index in [2.05, 4.69) is 19.2 Å². The van der Waals surface area contributed by atoms with Gasteiger partial charge in [0.2, 0.25) is 0 Å². The second-order valence-corrected chi connectivity index (χ2v) is 5.20. The summed E-state index contributed by atoms with van der Waals surface area (Å²) in [6.07, 6.45) is 11.5. The first kappa shape index (κ1) is 13.0. The minimum atomic E-state index is 0.899. The van der Waals surface area contributed by atoms with Crippen LogP contribution in [-0.2, 0) is 0 Å². The van der Waals surface area contributed by atoms with Crippen LogP contribution in [0.15, 0.2) is 0 Å². The molecule has 15 heavy (non-hydrogen) atoms. The molecule has 1 rings (SSSR count). The van der Waals surface area contributed by atoms with Gasteiger partial charge in [0.15, 0.2) is 0 Å². The summed E-state index contributed by atoms with van der Waals surface area (Å²) in [5.41, 5.74) is 0. The lowest BCUT2D eigenvalue weighted by atomic mass is 9.99. The van der Waals surface area contributed by atoms with Crippen LogP contribution in [0.3, 0.4) is 0 Å². The molecular formula is C14H29N. The van der Waals surface area contributed by atoms with Gasteiger partial charge in [-0.15, -0.1) is 0 Å². The molecule has 0 saturated heterocycles. The average Bonchev–Trinajstić information content (AvgIpc) is 2.53. The van der Waals surface area contributed by atoms with Gasteiger partial charge in [0.1, 0.15) is 0 Å². The van der Waals surface area contributed by atoms with Gasteiger partial charge in [0.25, 0.3) is 0 Å². The molecular weight excluding hydrogens is 182 g/mol. The summed E-state index contributed by atoms with van der Waals surface area (Å²) in [4.78, 5) is 0. The highest BCUT2D eigenvalue weighted by Gasteiger charge is 2.12. The van der Waals surface area contributed by atoms with E-state index in [0.717, 1.165) is 11.8 Å². The number of nitrogens with one attached hydrogen (secondary N) is 1. The van der Waals surface area contributed by atoms with Gasteiger partial charge in [-0.3, -0.25) is 0 Å². The number of rotatable bonds is 6. The smallest absolute Gasteiger partial charge is 0.00204 e. The molecule has 1 fully saturated rings. The van der Waals surface area contributed by atoms with E-state index in [1.807, 2.05) is 0 Å². The van der Waals surface area contributed by atoms with Crippen LogP contribution in [0.1, 0.15) is 65.2 Å². The highest BCUT2D eigenvalue weighted by molar-refractivity contribution is 4.68. The summed E-state index contributed by atoms with van der Waals surface area (Å²) in [6.45, 7) is 7.13. The van der Waals surface area contributed by atoms with E-state index in [1.165, 1.54) is 64.5 Å². The van der Waals surface area contributed by atoms with Crippen molar-refractivity contribution in [3.63, 3.8) is 0 Å². The van der Waals surface area contributed by atoms with Crippen LogP contribution in [0.5, 0.6) is 0 Å². The first-order valence-corrected chi connectivity index (χ1v) is 7.07. The van der Waals surface area contributed by atoms with E-state index >= 15 is 0 Å². The Kier molecular flexibility index (Phi) is 7.08. The van der Waals surface area contributed by atoms with Crippen LogP contribution in [0, 0.1) is 11.8 Å². The molecule has 90 valence electrons. The first-order chi connectivity index (χ1) is 7.36. The Morgan fingerprint density at radius 1 is 1.00 bits per heavy atom. The Hall–Kier alpha value is -0.0400. The fourth-order valence-corrected chi connectivity index (χ4v) is 2.64. The molecule has 0 radical (unpaired) electrons. The van der Waals surface area contributed by atoms with E-state index in [0.29, 0.717) is 0 Å². The van der Waals surface area contributed by atoms with Crippen LogP contribution in [-0.4, -0.2) is 13.1 Å². The largest absolute Gasteiger partial charge is 0.316 e. The van der Waals surface area contributed by atoms with Crippen LogP contribution >= 0.6 is 0 Å². The lowest BCUT2D eigenvalue weighted by molar-refractivity contribution is 0.385. The van der Waals surface area contributed by atoms with Gasteiger partial charge in [-0.25, -0.2) is 0 Å². The van der Waals surface area contributed by atoms with Crippen molar-refractivity contribution in [2.45, 2.75) is 65.2 Å². The molecule has 0 aromatic heterocycles. The monoisotopic (exact) mass is 211 g/mol. The first-order valence-electron chi connectivity index (χ1n) is 7.07. The topological polar surface area (TPSA) is 12.0 Å². The molecule has 1 heteroatoms. The zero-order chi connectivity index (χ0) is 10.9. The predicted octanol–water partition coefficient (Wildman–Crippen LogP) is 3.98. The SMILES string of the molecule is CCC(CC)CNCC1CCCCCC1. The van der Waals surface area contributed by atoms with Gasteiger partial charge < -0.3 is 5.32 Å². The summed E-state index contributed by atoms with van der Waals surface area (Å²) < 4.78 is 0. The maximum Gasteiger partial charge on any atom is -0.00204 e. The lowest BCUT2D eigenvalue weighted by Crippen LogP contribution is -2.27. The van der Waals surface area contributed by atoms with Gasteiger partial charge >= 0.3 is 0 Å².